The molecule has 0 saturated carbocycles. The van der Waals surface area contributed by atoms with Gasteiger partial charge in [0, 0.05) is 30.5 Å². The Bertz CT molecular complexity index is 530. The predicted octanol–water partition coefficient (Wildman–Crippen LogP) is 2.55. The lowest BCUT2D eigenvalue weighted by molar-refractivity contribution is -0.384. The molecule has 1 aliphatic heterocycles. The number of benzene rings is 1. The van der Waals surface area contributed by atoms with E-state index in [9.17, 15) is 10.1 Å². The second-order valence-electron chi connectivity index (χ2n) is 5.14. The molecule has 1 atom stereocenters. The number of nitro groups is 1. The van der Waals surface area contributed by atoms with Gasteiger partial charge < -0.3 is 10.6 Å². The van der Waals surface area contributed by atoms with Crippen LogP contribution < -0.4 is 10.6 Å². The monoisotopic (exact) mass is 322 g/mol. The minimum Gasteiger partial charge on any atom is -0.357 e. The van der Waals surface area contributed by atoms with Crippen molar-refractivity contribution in [1.82, 2.24) is 10.6 Å². The van der Waals surface area contributed by atoms with Crippen LogP contribution in [0.2, 0.25) is 0 Å². The first-order valence-electron chi connectivity index (χ1n) is 7.56. The van der Waals surface area contributed by atoms with Gasteiger partial charge in [0.25, 0.3) is 5.69 Å². The Morgan fingerprint density at radius 1 is 1.50 bits per heavy atom. The van der Waals surface area contributed by atoms with Crippen molar-refractivity contribution in [2.75, 3.05) is 18.8 Å². The fourth-order valence-electron chi connectivity index (χ4n) is 2.30. The molecule has 0 radical (unpaired) electrons. The van der Waals surface area contributed by atoms with E-state index in [2.05, 4.69) is 15.6 Å². The zero-order chi connectivity index (χ0) is 15.8. The topological polar surface area (TPSA) is 79.6 Å². The number of hydrogen-bond acceptors (Lipinski definition) is 4. The van der Waals surface area contributed by atoms with Crippen LogP contribution in [0.15, 0.2) is 29.3 Å². The van der Waals surface area contributed by atoms with Crippen molar-refractivity contribution in [3.05, 3.63) is 39.9 Å². The first kappa shape index (κ1) is 16.6. The van der Waals surface area contributed by atoms with Gasteiger partial charge in [-0.3, -0.25) is 10.1 Å². The van der Waals surface area contributed by atoms with Crippen molar-refractivity contribution >= 4 is 23.4 Å². The molecule has 0 spiro atoms. The fourth-order valence-corrected chi connectivity index (χ4v) is 3.50. The van der Waals surface area contributed by atoms with E-state index in [0.29, 0.717) is 11.8 Å². The molecule has 0 aromatic heterocycles. The van der Waals surface area contributed by atoms with Gasteiger partial charge in [-0.05, 0) is 31.1 Å². The van der Waals surface area contributed by atoms with Crippen LogP contribution >= 0.6 is 11.8 Å². The van der Waals surface area contributed by atoms with Crippen LogP contribution in [-0.2, 0) is 6.54 Å². The van der Waals surface area contributed by atoms with Gasteiger partial charge in [-0.25, -0.2) is 4.99 Å². The second-order valence-corrected chi connectivity index (χ2v) is 6.55. The lowest BCUT2D eigenvalue weighted by Gasteiger charge is -2.14. The van der Waals surface area contributed by atoms with Gasteiger partial charge in [-0.15, -0.1) is 0 Å². The number of rotatable bonds is 6. The van der Waals surface area contributed by atoms with E-state index in [1.54, 1.807) is 12.1 Å². The molecule has 1 fully saturated rings. The second kappa shape index (κ2) is 8.63. The maximum Gasteiger partial charge on any atom is 0.269 e. The highest BCUT2D eigenvalue weighted by atomic mass is 32.2. The number of guanidine groups is 1. The smallest absolute Gasteiger partial charge is 0.269 e. The Balaban J connectivity index is 1.93. The SMILES string of the molecule is CCNC(=NCc1cccc([N+](=O)[O-])c1)NCC1CCCS1. The Labute approximate surface area is 134 Å². The molecule has 1 aromatic rings. The Morgan fingerprint density at radius 3 is 3.05 bits per heavy atom. The van der Waals surface area contributed by atoms with Crippen molar-refractivity contribution in [2.24, 2.45) is 4.99 Å². The molecule has 7 heteroatoms. The number of nitro benzene ring substituents is 1. The molecule has 2 rings (SSSR count). The minimum absolute atomic E-state index is 0.105. The third kappa shape index (κ3) is 5.22. The van der Waals surface area contributed by atoms with E-state index >= 15 is 0 Å². The molecule has 0 bridgehead atoms. The van der Waals surface area contributed by atoms with E-state index in [1.165, 1.54) is 24.7 Å². The molecule has 120 valence electrons. The zero-order valence-corrected chi connectivity index (χ0v) is 13.6. The number of hydrogen-bond donors (Lipinski definition) is 2. The summed E-state index contributed by atoms with van der Waals surface area (Å²) in [7, 11) is 0. The van der Waals surface area contributed by atoms with Gasteiger partial charge >= 0.3 is 0 Å². The molecular weight excluding hydrogens is 300 g/mol. The molecule has 1 saturated heterocycles. The number of aliphatic imine (C=N–C) groups is 1. The highest BCUT2D eigenvalue weighted by molar-refractivity contribution is 8.00. The van der Waals surface area contributed by atoms with Crippen LogP contribution in [0.4, 0.5) is 5.69 Å². The molecular formula is C15H22N4O2S. The van der Waals surface area contributed by atoms with Crippen LogP contribution in [0.25, 0.3) is 0 Å². The van der Waals surface area contributed by atoms with Gasteiger partial charge in [0.15, 0.2) is 5.96 Å². The van der Waals surface area contributed by atoms with Gasteiger partial charge in [0.05, 0.1) is 11.5 Å². The van der Waals surface area contributed by atoms with Crippen LogP contribution in [0.1, 0.15) is 25.3 Å². The van der Waals surface area contributed by atoms with E-state index < -0.39 is 0 Å². The van der Waals surface area contributed by atoms with Crippen LogP contribution in [-0.4, -0.2) is 35.0 Å². The summed E-state index contributed by atoms with van der Waals surface area (Å²) in [5.41, 5.74) is 0.939. The van der Waals surface area contributed by atoms with E-state index in [1.807, 2.05) is 24.8 Å². The summed E-state index contributed by atoms with van der Waals surface area (Å²) < 4.78 is 0. The van der Waals surface area contributed by atoms with Gasteiger partial charge in [-0.1, -0.05) is 12.1 Å². The average Bonchev–Trinajstić information content (AvgIpc) is 3.03. The maximum absolute atomic E-state index is 10.8. The third-order valence-electron chi connectivity index (χ3n) is 3.41. The van der Waals surface area contributed by atoms with Crippen molar-refractivity contribution in [3.8, 4) is 0 Å². The number of thioether (sulfide) groups is 1. The highest BCUT2D eigenvalue weighted by Crippen LogP contribution is 2.25. The molecule has 0 aliphatic carbocycles. The van der Waals surface area contributed by atoms with Crippen molar-refractivity contribution in [3.63, 3.8) is 0 Å². The molecule has 1 unspecified atom stereocenters. The Hall–Kier alpha value is -1.76. The largest absolute Gasteiger partial charge is 0.357 e. The third-order valence-corrected chi connectivity index (χ3v) is 4.80. The highest BCUT2D eigenvalue weighted by Gasteiger charge is 2.15. The number of nitrogens with zero attached hydrogens (tertiary/aromatic N) is 2. The fraction of sp³-hybridized carbons (Fsp3) is 0.533. The van der Waals surface area contributed by atoms with Crippen LogP contribution in [0.5, 0.6) is 0 Å². The first-order valence-corrected chi connectivity index (χ1v) is 8.61. The Morgan fingerprint density at radius 2 is 2.36 bits per heavy atom. The normalized spacial score (nSPS) is 18.2. The average molecular weight is 322 g/mol. The lowest BCUT2D eigenvalue weighted by atomic mass is 10.2. The summed E-state index contributed by atoms with van der Waals surface area (Å²) >= 11 is 2.00. The first-order chi connectivity index (χ1) is 10.7. The van der Waals surface area contributed by atoms with Crippen molar-refractivity contribution in [2.45, 2.75) is 31.6 Å². The summed E-state index contributed by atoms with van der Waals surface area (Å²) in [5.74, 6) is 2.01. The molecule has 1 heterocycles. The van der Waals surface area contributed by atoms with Gasteiger partial charge in [0.1, 0.15) is 0 Å². The van der Waals surface area contributed by atoms with Crippen molar-refractivity contribution in [1.29, 1.82) is 0 Å². The molecule has 22 heavy (non-hydrogen) atoms. The lowest BCUT2D eigenvalue weighted by Crippen LogP contribution is -2.40. The molecule has 2 N–H and O–H groups in total. The Kier molecular flexibility index (Phi) is 6.51. The van der Waals surface area contributed by atoms with Crippen molar-refractivity contribution < 1.29 is 4.92 Å². The maximum atomic E-state index is 10.8. The summed E-state index contributed by atoms with van der Waals surface area (Å²) in [4.78, 5) is 14.9. The van der Waals surface area contributed by atoms with Crippen LogP contribution in [0, 0.1) is 10.1 Å². The number of nitrogens with one attached hydrogen (secondary N) is 2. The predicted molar refractivity (Wildman–Crippen MR) is 91.4 cm³/mol. The summed E-state index contributed by atoms with van der Waals surface area (Å²) in [5, 5.41) is 18.0. The quantitative estimate of drug-likeness (QED) is 0.364. The van der Waals surface area contributed by atoms with Gasteiger partial charge in [0.2, 0.25) is 0 Å². The van der Waals surface area contributed by atoms with E-state index in [4.69, 9.17) is 0 Å². The molecule has 1 aliphatic rings. The summed E-state index contributed by atoms with van der Waals surface area (Å²) in [6.45, 7) is 4.15. The van der Waals surface area contributed by atoms with Gasteiger partial charge in [-0.2, -0.15) is 11.8 Å². The van der Waals surface area contributed by atoms with E-state index in [0.717, 1.165) is 24.6 Å². The minimum atomic E-state index is -0.381. The molecule has 6 nitrogen and oxygen atoms in total. The zero-order valence-electron chi connectivity index (χ0n) is 12.7. The van der Waals surface area contributed by atoms with E-state index in [-0.39, 0.29) is 10.6 Å². The number of non-ortho nitro benzene ring substituents is 1. The standard InChI is InChI=1S/C15H22N4O2S/c1-2-16-15(18-11-14-7-4-8-22-14)17-10-12-5-3-6-13(9-12)19(20)21/h3,5-6,9,14H,2,4,7-8,10-11H2,1H3,(H2,16,17,18). The summed E-state index contributed by atoms with van der Waals surface area (Å²) in [6, 6.07) is 6.61. The van der Waals surface area contributed by atoms with Crippen LogP contribution in [0.3, 0.4) is 0 Å². The molecule has 1 aromatic carbocycles. The summed E-state index contributed by atoms with van der Waals surface area (Å²) in [6.07, 6.45) is 2.54. The molecule has 0 amide bonds.